The monoisotopic (exact) mass is 465 g/mol. The smallest absolute Gasteiger partial charge is 0.329 e. The average molecular weight is 466 g/mol. The maximum atomic E-state index is 12.6. The SMILES string of the molecule is COc1ccc([N+](=O)[O-])cc1COC(=O)[C@@H](NC(=O)c1ccc([N+](=O)[O-])cc1Cl)C(C)C. The van der Waals surface area contributed by atoms with Crippen LogP contribution in [0.15, 0.2) is 36.4 Å². The molecule has 0 aliphatic carbocycles. The number of ether oxygens (including phenoxy) is 2. The Labute approximate surface area is 187 Å². The van der Waals surface area contributed by atoms with Crippen LogP contribution < -0.4 is 10.1 Å². The molecule has 0 heterocycles. The molecule has 0 fully saturated rings. The zero-order chi connectivity index (χ0) is 24.0. The molecule has 0 aliphatic heterocycles. The van der Waals surface area contributed by atoms with Crippen molar-refractivity contribution in [2.45, 2.75) is 26.5 Å². The highest BCUT2D eigenvalue weighted by atomic mass is 35.5. The summed E-state index contributed by atoms with van der Waals surface area (Å²) >= 11 is 5.98. The van der Waals surface area contributed by atoms with Gasteiger partial charge >= 0.3 is 5.97 Å². The highest BCUT2D eigenvalue weighted by molar-refractivity contribution is 6.34. The van der Waals surface area contributed by atoms with Gasteiger partial charge in [0.25, 0.3) is 17.3 Å². The zero-order valence-electron chi connectivity index (χ0n) is 17.4. The van der Waals surface area contributed by atoms with Gasteiger partial charge in [-0.1, -0.05) is 25.4 Å². The molecule has 0 spiro atoms. The maximum absolute atomic E-state index is 12.6. The summed E-state index contributed by atoms with van der Waals surface area (Å²) < 4.78 is 10.4. The molecule has 0 saturated carbocycles. The number of methoxy groups -OCH3 is 1. The van der Waals surface area contributed by atoms with Crippen molar-refractivity contribution in [1.29, 1.82) is 0 Å². The summed E-state index contributed by atoms with van der Waals surface area (Å²) in [5, 5.41) is 24.2. The van der Waals surface area contributed by atoms with Crippen LogP contribution in [0.4, 0.5) is 11.4 Å². The Morgan fingerprint density at radius 3 is 2.19 bits per heavy atom. The number of amides is 1. The second kappa shape index (κ2) is 10.5. The molecule has 1 amide bonds. The summed E-state index contributed by atoms with van der Waals surface area (Å²) in [6.07, 6.45) is 0. The van der Waals surface area contributed by atoms with Crippen LogP contribution in [0, 0.1) is 26.1 Å². The Kier molecular flexibility index (Phi) is 8.08. The van der Waals surface area contributed by atoms with Gasteiger partial charge in [-0.3, -0.25) is 25.0 Å². The number of non-ortho nitro benzene ring substituents is 2. The number of esters is 1. The number of hydrogen-bond acceptors (Lipinski definition) is 8. The lowest BCUT2D eigenvalue weighted by atomic mass is 10.0. The van der Waals surface area contributed by atoms with E-state index >= 15 is 0 Å². The van der Waals surface area contributed by atoms with E-state index in [1.807, 2.05) is 0 Å². The number of carbonyl (C=O) groups excluding carboxylic acids is 2. The molecule has 170 valence electrons. The third kappa shape index (κ3) is 5.91. The minimum absolute atomic E-state index is 0.0453. The van der Waals surface area contributed by atoms with E-state index in [1.54, 1.807) is 13.8 Å². The second-order valence-electron chi connectivity index (χ2n) is 6.98. The third-order valence-corrected chi connectivity index (χ3v) is 4.77. The minimum atomic E-state index is -1.07. The molecule has 11 nitrogen and oxygen atoms in total. The highest BCUT2D eigenvalue weighted by Crippen LogP contribution is 2.25. The summed E-state index contributed by atoms with van der Waals surface area (Å²) in [5.74, 6) is -1.57. The molecule has 32 heavy (non-hydrogen) atoms. The summed E-state index contributed by atoms with van der Waals surface area (Å²) in [5.41, 5.74) is -0.242. The van der Waals surface area contributed by atoms with Crippen LogP contribution in [0.5, 0.6) is 5.75 Å². The number of benzene rings is 2. The van der Waals surface area contributed by atoms with E-state index in [0.29, 0.717) is 5.75 Å². The predicted molar refractivity (Wildman–Crippen MR) is 114 cm³/mol. The van der Waals surface area contributed by atoms with Crippen LogP contribution in [-0.2, 0) is 16.1 Å². The number of nitro benzene ring substituents is 2. The number of halogens is 1. The molecule has 0 unspecified atom stereocenters. The van der Waals surface area contributed by atoms with Gasteiger partial charge in [-0.25, -0.2) is 4.79 Å². The Bertz CT molecular complexity index is 1060. The molecule has 0 saturated heterocycles. The maximum Gasteiger partial charge on any atom is 0.329 e. The minimum Gasteiger partial charge on any atom is -0.496 e. The normalized spacial score (nSPS) is 11.5. The first-order chi connectivity index (χ1) is 15.0. The summed E-state index contributed by atoms with van der Waals surface area (Å²) in [6.45, 7) is 3.04. The van der Waals surface area contributed by atoms with Gasteiger partial charge in [0.15, 0.2) is 0 Å². The van der Waals surface area contributed by atoms with Crippen molar-refractivity contribution in [3.05, 3.63) is 72.8 Å². The van der Waals surface area contributed by atoms with Crippen molar-refractivity contribution in [1.82, 2.24) is 5.32 Å². The number of rotatable bonds is 9. The van der Waals surface area contributed by atoms with Gasteiger partial charge < -0.3 is 14.8 Å². The first-order valence-corrected chi connectivity index (χ1v) is 9.65. The number of nitrogens with zero attached hydrogens (tertiary/aromatic N) is 2. The lowest BCUT2D eigenvalue weighted by molar-refractivity contribution is -0.385. The molecule has 0 radical (unpaired) electrons. The van der Waals surface area contributed by atoms with E-state index in [2.05, 4.69) is 5.32 Å². The number of hydrogen-bond donors (Lipinski definition) is 1. The van der Waals surface area contributed by atoms with Gasteiger partial charge in [0.05, 0.1) is 27.5 Å². The molecule has 2 rings (SSSR count). The van der Waals surface area contributed by atoms with Gasteiger partial charge in [-0.15, -0.1) is 0 Å². The molecular formula is C20H20ClN3O8. The van der Waals surface area contributed by atoms with Crippen LogP contribution in [0.3, 0.4) is 0 Å². The van der Waals surface area contributed by atoms with E-state index < -0.39 is 27.8 Å². The Morgan fingerprint density at radius 1 is 1.06 bits per heavy atom. The topological polar surface area (TPSA) is 151 Å². The van der Waals surface area contributed by atoms with E-state index in [4.69, 9.17) is 21.1 Å². The second-order valence-corrected chi connectivity index (χ2v) is 7.38. The van der Waals surface area contributed by atoms with Crippen LogP contribution in [0.25, 0.3) is 0 Å². The molecule has 1 atom stereocenters. The summed E-state index contributed by atoms with van der Waals surface area (Å²) in [6, 6.07) is 6.15. The average Bonchev–Trinajstić information content (AvgIpc) is 2.74. The van der Waals surface area contributed by atoms with Crippen LogP contribution in [0.2, 0.25) is 5.02 Å². The van der Waals surface area contributed by atoms with Gasteiger partial charge in [-0.05, 0) is 18.1 Å². The quantitative estimate of drug-likeness (QED) is 0.334. The number of nitro groups is 2. The van der Waals surface area contributed by atoms with Crippen molar-refractivity contribution < 1.29 is 28.9 Å². The molecule has 2 aromatic rings. The van der Waals surface area contributed by atoms with Crippen molar-refractivity contribution in [3.63, 3.8) is 0 Å². The molecular weight excluding hydrogens is 446 g/mol. The first kappa shape index (κ1) is 24.5. The largest absolute Gasteiger partial charge is 0.496 e. The van der Waals surface area contributed by atoms with Crippen LogP contribution >= 0.6 is 11.6 Å². The van der Waals surface area contributed by atoms with Gasteiger partial charge in [0.1, 0.15) is 18.4 Å². The molecule has 0 bridgehead atoms. The van der Waals surface area contributed by atoms with Crippen molar-refractivity contribution in [2.24, 2.45) is 5.92 Å². The van der Waals surface area contributed by atoms with Crippen molar-refractivity contribution in [3.8, 4) is 5.75 Å². The highest BCUT2D eigenvalue weighted by Gasteiger charge is 2.28. The fourth-order valence-corrected chi connectivity index (χ4v) is 3.01. The van der Waals surface area contributed by atoms with Gasteiger partial charge in [0, 0.05) is 29.8 Å². The number of nitrogens with one attached hydrogen (secondary N) is 1. The van der Waals surface area contributed by atoms with Gasteiger partial charge in [0.2, 0.25) is 0 Å². The van der Waals surface area contributed by atoms with E-state index in [1.165, 1.54) is 31.4 Å². The van der Waals surface area contributed by atoms with E-state index in [9.17, 15) is 29.8 Å². The van der Waals surface area contributed by atoms with E-state index in [0.717, 1.165) is 12.1 Å². The lowest BCUT2D eigenvalue weighted by Gasteiger charge is -2.21. The summed E-state index contributed by atoms with van der Waals surface area (Å²) in [7, 11) is 1.37. The lowest BCUT2D eigenvalue weighted by Crippen LogP contribution is -2.45. The fraction of sp³-hybridized carbons (Fsp3) is 0.300. The van der Waals surface area contributed by atoms with Crippen LogP contribution in [0.1, 0.15) is 29.8 Å². The van der Waals surface area contributed by atoms with Crippen molar-refractivity contribution in [2.75, 3.05) is 7.11 Å². The Morgan fingerprint density at radius 2 is 1.66 bits per heavy atom. The third-order valence-electron chi connectivity index (χ3n) is 4.46. The molecule has 12 heteroatoms. The predicted octanol–water partition coefficient (Wildman–Crippen LogP) is 3.66. The Hall–Kier alpha value is -3.73. The summed E-state index contributed by atoms with van der Waals surface area (Å²) in [4.78, 5) is 45.8. The molecule has 0 aliphatic rings. The Balaban J connectivity index is 2.15. The fourth-order valence-electron chi connectivity index (χ4n) is 2.75. The standard InChI is InChI=1S/C20H20ClN3O8/c1-11(2)18(22-19(25)15-6-4-14(24(29)30)9-16(15)21)20(26)32-10-12-8-13(23(27)28)5-7-17(12)31-3/h4-9,11,18H,10H2,1-3H3,(H,22,25)/t18-/m0/s1. The molecule has 0 aromatic heterocycles. The first-order valence-electron chi connectivity index (χ1n) is 9.27. The zero-order valence-corrected chi connectivity index (χ0v) is 18.1. The molecule has 2 aromatic carbocycles. The number of carbonyl (C=O) groups is 2. The van der Waals surface area contributed by atoms with Gasteiger partial charge in [-0.2, -0.15) is 0 Å². The van der Waals surface area contributed by atoms with E-state index in [-0.39, 0.29) is 40.0 Å². The van der Waals surface area contributed by atoms with Crippen LogP contribution in [-0.4, -0.2) is 34.9 Å². The van der Waals surface area contributed by atoms with Crippen molar-refractivity contribution >= 4 is 34.9 Å². The molecule has 1 N–H and O–H groups in total.